The van der Waals surface area contributed by atoms with Crippen LogP contribution in [-0.4, -0.2) is 50.5 Å². The number of carbonyl (C=O) groups is 2. The first-order chi connectivity index (χ1) is 16.2. The number of benzene rings is 1. The van der Waals surface area contributed by atoms with Crippen LogP contribution in [0.25, 0.3) is 33.8 Å². The molecule has 4 heterocycles. The number of carbonyl (C=O) groups excluding carboxylic acids is 2. The van der Waals surface area contributed by atoms with E-state index >= 15 is 0 Å². The lowest BCUT2D eigenvalue weighted by Crippen LogP contribution is -2.35. The summed E-state index contributed by atoms with van der Waals surface area (Å²) in [6.45, 7) is 2.15. The average molecular weight is 459 g/mol. The van der Waals surface area contributed by atoms with Gasteiger partial charge in [0.15, 0.2) is 17.4 Å². The van der Waals surface area contributed by atoms with Crippen LogP contribution >= 0.6 is 0 Å². The standard InChI is InChI=1S/C24H21N5O5/c1-13-26-12-20(33-13)16-9-17(27-19(10-16)22(25)30)14-4-3-5-15(8-14)18-11-21(34-28-18)24(32)6-7-29(2)23(24)31/h3-5,8-12,32H,6-7H2,1-2H3,(H2,25,30)/t24-/m1/s1. The van der Waals surface area contributed by atoms with Gasteiger partial charge in [-0.2, -0.15) is 0 Å². The summed E-state index contributed by atoms with van der Waals surface area (Å²) in [5.74, 6) is -0.0199. The number of nitrogens with two attached hydrogens (primary N) is 1. The Hall–Kier alpha value is -4.31. The molecule has 2 amide bonds. The van der Waals surface area contributed by atoms with Gasteiger partial charge >= 0.3 is 0 Å². The van der Waals surface area contributed by atoms with Gasteiger partial charge in [0.05, 0.1) is 11.9 Å². The molecular weight excluding hydrogens is 438 g/mol. The SMILES string of the molecule is Cc1ncc(-c2cc(C(N)=O)nc(-c3cccc(-c4cc([C@]5(O)CCN(C)C5=O)on4)c3)c2)o1. The molecule has 172 valence electrons. The van der Waals surface area contributed by atoms with Gasteiger partial charge in [-0.15, -0.1) is 0 Å². The molecule has 0 aliphatic carbocycles. The highest BCUT2D eigenvalue weighted by Crippen LogP contribution is 2.35. The van der Waals surface area contributed by atoms with Crippen LogP contribution < -0.4 is 5.73 Å². The zero-order valence-electron chi connectivity index (χ0n) is 18.5. The third kappa shape index (κ3) is 3.63. The van der Waals surface area contributed by atoms with Gasteiger partial charge in [-0.1, -0.05) is 23.4 Å². The molecule has 1 fully saturated rings. The third-order valence-corrected chi connectivity index (χ3v) is 5.86. The topological polar surface area (TPSA) is 149 Å². The maximum Gasteiger partial charge on any atom is 0.267 e. The fraction of sp³-hybridized carbons (Fsp3) is 0.208. The lowest BCUT2D eigenvalue weighted by Gasteiger charge is -2.16. The Kier molecular flexibility index (Phi) is 5.02. The second kappa shape index (κ2) is 7.92. The van der Waals surface area contributed by atoms with Crippen LogP contribution in [0.3, 0.4) is 0 Å². The lowest BCUT2D eigenvalue weighted by atomic mass is 9.97. The van der Waals surface area contributed by atoms with Crippen LogP contribution in [0.5, 0.6) is 0 Å². The molecule has 34 heavy (non-hydrogen) atoms. The molecule has 10 heteroatoms. The van der Waals surface area contributed by atoms with E-state index in [-0.39, 0.29) is 17.9 Å². The Balaban J connectivity index is 1.53. The molecular formula is C24H21N5O5. The highest BCUT2D eigenvalue weighted by Gasteiger charge is 2.48. The molecule has 4 aromatic rings. The van der Waals surface area contributed by atoms with E-state index in [1.165, 1.54) is 4.90 Å². The van der Waals surface area contributed by atoms with Gasteiger partial charge in [-0.05, 0) is 18.2 Å². The number of hydrogen-bond acceptors (Lipinski definition) is 8. The van der Waals surface area contributed by atoms with E-state index in [1.807, 2.05) is 18.2 Å². The zero-order valence-corrected chi connectivity index (χ0v) is 18.5. The average Bonchev–Trinajstić information content (AvgIpc) is 3.56. The number of likely N-dealkylation sites (tertiary alicyclic amines) is 1. The van der Waals surface area contributed by atoms with Crippen molar-refractivity contribution in [2.24, 2.45) is 5.73 Å². The number of aryl methyl sites for hydroxylation is 1. The van der Waals surface area contributed by atoms with Crippen molar-refractivity contribution >= 4 is 11.8 Å². The summed E-state index contributed by atoms with van der Waals surface area (Å²) in [7, 11) is 1.63. The van der Waals surface area contributed by atoms with Crippen molar-refractivity contribution < 1.29 is 23.6 Å². The third-order valence-electron chi connectivity index (χ3n) is 5.86. The van der Waals surface area contributed by atoms with E-state index in [0.29, 0.717) is 46.3 Å². The van der Waals surface area contributed by atoms with Crippen LogP contribution in [-0.2, 0) is 10.4 Å². The summed E-state index contributed by atoms with van der Waals surface area (Å²) < 4.78 is 11.0. The van der Waals surface area contributed by atoms with Gasteiger partial charge < -0.3 is 24.7 Å². The fourth-order valence-electron chi connectivity index (χ4n) is 3.97. The molecule has 1 aliphatic heterocycles. The van der Waals surface area contributed by atoms with E-state index in [0.717, 1.165) is 0 Å². The zero-order chi connectivity index (χ0) is 24.0. The molecule has 5 rings (SSSR count). The van der Waals surface area contributed by atoms with E-state index in [1.54, 1.807) is 44.4 Å². The lowest BCUT2D eigenvalue weighted by molar-refractivity contribution is -0.144. The molecule has 0 radical (unpaired) electrons. The quantitative estimate of drug-likeness (QED) is 0.462. The van der Waals surface area contributed by atoms with E-state index in [2.05, 4.69) is 15.1 Å². The molecule has 0 bridgehead atoms. The Labute approximate surface area is 194 Å². The first-order valence-electron chi connectivity index (χ1n) is 10.6. The van der Waals surface area contributed by atoms with Crippen molar-refractivity contribution in [3.63, 3.8) is 0 Å². The van der Waals surface area contributed by atoms with E-state index in [9.17, 15) is 14.7 Å². The van der Waals surface area contributed by atoms with E-state index < -0.39 is 17.4 Å². The predicted molar refractivity (Wildman–Crippen MR) is 120 cm³/mol. The monoisotopic (exact) mass is 459 g/mol. The molecule has 3 N–H and O–H groups in total. The van der Waals surface area contributed by atoms with Crippen LogP contribution in [0, 0.1) is 6.92 Å². The van der Waals surface area contributed by atoms with Crippen molar-refractivity contribution in [2.45, 2.75) is 18.9 Å². The summed E-state index contributed by atoms with van der Waals surface area (Å²) in [5, 5.41) is 14.9. The molecule has 1 atom stereocenters. The van der Waals surface area contributed by atoms with Gasteiger partial charge in [0, 0.05) is 49.7 Å². The number of oxazole rings is 1. The van der Waals surface area contributed by atoms with Crippen molar-refractivity contribution in [2.75, 3.05) is 13.6 Å². The largest absolute Gasteiger partial charge is 0.441 e. The smallest absolute Gasteiger partial charge is 0.267 e. The summed E-state index contributed by atoms with van der Waals surface area (Å²) in [5.41, 5.74) is 6.80. The summed E-state index contributed by atoms with van der Waals surface area (Å²) in [4.78, 5) is 34.2. The van der Waals surface area contributed by atoms with Gasteiger partial charge in [0.25, 0.3) is 11.8 Å². The predicted octanol–water partition coefficient (Wildman–Crippen LogP) is 2.52. The molecule has 1 aliphatic rings. The van der Waals surface area contributed by atoms with Crippen molar-refractivity contribution in [3.05, 3.63) is 66.0 Å². The number of hydrogen-bond donors (Lipinski definition) is 2. The van der Waals surface area contributed by atoms with Crippen LogP contribution in [0.15, 0.2) is 57.6 Å². The highest BCUT2D eigenvalue weighted by atomic mass is 16.5. The van der Waals surface area contributed by atoms with Gasteiger partial charge in [0.2, 0.25) is 5.60 Å². The molecule has 3 aromatic heterocycles. The number of aliphatic hydroxyl groups is 1. The van der Waals surface area contributed by atoms with Crippen LogP contribution in [0.2, 0.25) is 0 Å². The van der Waals surface area contributed by atoms with Gasteiger partial charge in [-0.25, -0.2) is 9.97 Å². The highest BCUT2D eigenvalue weighted by molar-refractivity contribution is 5.93. The number of likely N-dealkylation sites (N-methyl/N-ethyl adjacent to an activating group) is 1. The Bertz CT molecular complexity index is 1420. The minimum atomic E-state index is -1.72. The summed E-state index contributed by atoms with van der Waals surface area (Å²) in [6, 6.07) is 12.2. The van der Waals surface area contributed by atoms with Crippen LogP contribution in [0.4, 0.5) is 0 Å². The van der Waals surface area contributed by atoms with E-state index in [4.69, 9.17) is 14.7 Å². The number of nitrogens with zero attached hydrogens (tertiary/aromatic N) is 4. The second-order valence-electron chi connectivity index (χ2n) is 8.23. The minimum absolute atomic E-state index is 0.0850. The molecule has 0 unspecified atom stereocenters. The normalized spacial score (nSPS) is 18.0. The summed E-state index contributed by atoms with van der Waals surface area (Å²) >= 11 is 0. The summed E-state index contributed by atoms with van der Waals surface area (Å²) in [6.07, 6.45) is 1.80. The first-order valence-corrected chi connectivity index (χ1v) is 10.6. The number of rotatable bonds is 5. The van der Waals surface area contributed by atoms with Crippen molar-refractivity contribution in [3.8, 4) is 33.8 Å². The number of aromatic nitrogens is 3. The number of pyridine rings is 1. The van der Waals surface area contributed by atoms with Gasteiger partial charge in [-0.3, -0.25) is 9.59 Å². The molecule has 10 nitrogen and oxygen atoms in total. The number of primary amides is 1. The maximum absolute atomic E-state index is 12.4. The second-order valence-corrected chi connectivity index (χ2v) is 8.23. The van der Waals surface area contributed by atoms with Crippen molar-refractivity contribution in [1.29, 1.82) is 0 Å². The van der Waals surface area contributed by atoms with Crippen LogP contribution in [0.1, 0.15) is 28.6 Å². The first kappa shape index (κ1) is 21.5. The molecule has 1 aromatic carbocycles. The molecule has 1 saturated heterocycles. The van der Waals surface area contributed by atoms with Crippen molar-refractivity contribution in [1.82, 2.24) is 20.0 Å². The molecule has 0 spiro atoms. The Morgan fingerprint density at radius 1 is 1.15 bits per heavy atom. The Morgan fingerprint density at radius 3 is 2.56 bits per heavy atom. The molecule has 0 saturated carbocycles. The fourth-order valence-corrected chi connectivity index (χ4v) is 3.97. The maximum atomic E-state index is 12.4. The number of amides is 2. The Morgan fingerprint density at radius 2 is 1.91 bits per heavy atom. The minimum Gasteiger partial charge on any atom is -0.441 e. The van der Waals surface area contributed by atoms with Gasteiger partial charge in [0.1, 0.15) is 11.4 Å².